The van der Waals surface area contributed by atoms with E-state index >= 15 is 0 Å². The van der Waals surface area contributed by atoms with Crippen molar-refractivity contribution in [3.63, 3.8) is 0 Å². The molecule has 0 saturated heterocycles. The first-order chi connectivity index (χ1) is 12.2. The fourth-order valence-electron chi connectivity index (χ4n) is 2.32. The Morgan fingerprint density at radius 1 is 1.31 bits per heavy atom. The van der Waals surface area contributed by atoms with Crippen molar-refractivity contribution in [2.75, 3.05) is 13.6 Å². The molecule has 2 rings (SSSR count). The largest absolute Gasteiger partial charge is 0.443 e. The van der Waals surface area contributed by atoms with Crippen LogP contribution in [0.25, 0.3) is 0 Å². The van der Waals surface area contributed by atoms with Gasteiger partial charge in [-0.25, -0.2) is 4.99 Å². The van der Waals surface area contributed by atoms with Gasteiger partial charge in [0.05, 0.1) is 17.7 Å². The molecule has 1 aromatic heterocycles. The zero-order valence-corrected chi connectivity index (χ0v) is 17.4. The standard InChI is InChI=1S/C20H26N4OS/c1-8-24(7)12-22-16-9-14(3)17(10-13(16)2)25-19-15(11-21)18(23-26-19)20(4,5)6/h9-10,12H,8H2,1-7H3. The van der Waals surface area contributed by atoms with Crippen LogP contribution in [-0.4, -0.2) is 29.2 Å². The third kappa shape index (κ3) is 4.41. The molecule has 2 aromatic rings. The summed E-state index contributed by atoms with van der Waals surface area (Å²) < 4.78 is 10.5. The van der Waals surface area contributed by atoms with E-state index in [2.05, 4.69) is 22.4 Å². The third-order valence-corrected chi connectivity index (χ3v) is 4.80. The normalized spacial score (nSPS) is 11.6. The number of rotatable bonds is 5. The molecule has 1 heterocycles. The summed E-state index contributed by atoms with van der Waals surface area (Å²) in [6, 6.07) is 6.22. The van der Waals surface area contributed by atoms with Crippen LogP contribution in [0.5, 0.6) is 10.8 Å². The van der Waals surface area contributed by atoms with Gasteiger partial charge in [0.25, 0.3) is 0 Å². The van der Waals surface area contributed by atoms with Crippen LogP contribution in [0.4, 0.5) is 5.69 Å². The molecule has 1 aromatic carbocycles. The van der Waals surface area contributed by atoms with Gasteiger partial charge < -0.3 is 9.64 Å². The number of hydrogen-bond donors (Lipinski definition) is 0. The van der Waals surface area contributed by atoms with E-state index in [9.17, 15) is 5.26 Å². The van der Waals surface area contributed by atoms with Gasteiger partial charge in [0.2, 0.25) is 5.06 Å². The monoisotopic (exact) mass is 370 g/mol. The van der Waals surface area contributed by atoms with E-state index < -0.39 is 0 Å². The number of aryl methyl sites for hydroxylation is 2. The minimum Gasteiger partial charge on any atom is -0.443 e. The van der Waals surface area contributed by atoms with Crippen molar-refractivity contribution < 1.29 is 4.74 Å². The lowest BCUT2D eigenvalue weighted by molar-refractivity contribution is 0.487. The Labute approximate surface area is 160 Å². The van der Waals surface area contributed by atoms with Crippen LogP contribution >= 0.6 is 11.5 Å². The Balaban J connectivity index is 2.35. The molecular weight excluding hydrogens is 344 g/mol. The second-order valence-corrected chi connectivity index (χ2v) is 8.12. The summed E-state index contributed by atoms with van der Waals surface area (Å²) in [5.41, 5.74) is 4.00. The zero-order chi connectivity index (χ0) is 19.5. The van der Waals surface area contributed by atoms with Gasteiger partial charge in [0.1, 0.15) is 17.4 Å². The van der Waals surface area contributed by atoms with Gasteiger partial charge in [0, 0.05) is 30.5 Å². The molecule has 0 fully saturated rings. The van der Waals surface area contributed by atoms with Crippen LogP contribution in [0.2, 0.25) is 0 Å². The zero-order valence-electron chi connectivity index (χ0n) is 16.5. The van der Waals surface area contributed by atoms with Gasteiger partial charge in [-0.2, -0.15) is 9.64 Å². The van der Waals surface area contributed by atoms with Crippen molar-refractivity contribution in [3.05, 3.63) is 34.5 Å². The highest BCUT2D eigenvalue weighted by molar-refractivity contribution is 7.08. The molecule has 0 aliphatic carbocycles. The lowest BCUT2D eigenvalue weighted by Gasteiger charge is -2.15. The number of hydrogen-bond acceptors (Lipinski definition) is 5. The molecule has 0 radical (unpaired) electrons. The summed E-state index contributed by atoms with van der Waals surface area (Å²) in [7, 11) is 1.99. The number of ether oxygens (including phenoxy) is 1. The number of nitrogens with zero attached hydrogens (tertiary/aromatic N) is 4. The number of aromatic nitrogens is 1. The van der Waals surface area contributed by atoms with Crippen LogP contribution in [0.15, 0.2) is 17.1 Å². The van der Waals surface area contributed by atoms with E-state index in [1.165, 1.54) is 11.5 Å². The SMILES string of the molecule is CCN(C)C=Nc1cc(C)c(Oc2snc(C(C)(C)C)c2C#N)cc1C. The number of benzene rings is 1. The predicted molar refractivity (Wildman–Crippen MR) is 108 cm³/mol. The molecule has 0 spiro atoms. The van der Waals surface area contributed by atoms with Crippen LogP contribution in [0.3, 0.4) is 0 Å². The van der Waals surface area contributed by atoms with E-state index in [4.69, 9.17) is 4.74 Å². The van der Waals surface area contributed by atoms with Crippen molar-refractivity contribution in [2.24, 2.45) is 4.99 Å². The van der Waals surface area contributed by atoms with Gasteiger partial charge in [-0.3, -0.25) is 0 Å². The maximum absolute atomic E-state index is 9.56. The molecule has 5 nitrogen and oxygen atoms in total. The molecular formula is C20H26N4OS. The predicted octanol–water partition coefficient (Wildman–Crippen LogP) is 5.33. The fraction of sp³-hybridized carbons (Fsp3) is 0.450. The molecule has 0 aliphatic heterocycles. The molecule has 0 unspecified atom stereocenters. The molecule has 6 heteroatoms. The van der Waals surface area contributed by atoms with E-state index in [0.29, 0.717) is 10.6 Å². The van der Waals surface area contributed by atoms with Crippen LogP contribution < -0.4 is 4.74 Å². The topological polar surface area (TPSA) is 61.5 Å². The Kier molecular flexibility index (Phi) is 6.04. The highest BCUT2D eigenvalue weighted by Gasteiger charge is 2.26. The number of nitriles is 1. The maximum Gasteiger partial charge on any atom is 0.218 e. The molecule has 0 amide bonds. The first-order valence-electron chi connectivity index (χ1n) is 8.61. The molecule has 138 valence electrons. The smallest absolute Gasteiger partial charge is 0.218 e. The Bertz CT molecular complexity index is 856. The Morgan fingerprint density at radius 2 is 2.00 bits per heavy atom. The summed E-state index contributed by atoms with van der Waals surface area (Å²) in [6.07, 6.45) is 1.83. The first-order valence-corrected chi connectivity index (χ1v) is 9.38. The maximum atomic E-state index is 9.56. The van der Waals surface area contributed by atoms with E-state index in [0.717, 1.165) is 34.8 Å². The van der Waals surface area contributed by atoms with Gasteiger partial charge >= 0.3 is 0 Å². The first kappa shape index (κ1) is 19.9. The highest BCUT2D eigenvalue weighted by atomic mass is 32.1. The van der Waals surface area contributed by atoms with Crippen LogP contribution in [-0.2, 0) is 5.41 Å². The molecule has 0 aliphatic rings. The van der Waals surface area contributed by atoms with Crippen LogP contribution in [0, 0.1) is 25.2 Å². The summed E-state index contributed by atoms with van der Waals surface area (Å²) in [6.45, 7) is 13.1. The van der Waals surface area contributed by atoms with Crippen molar-refractivity contribution in [2.45, 2.75) is 47.0 Å². The summed E-state index contributed by atoms with van der Waals surface area (Å²) in [5, 5.41) is 10.1. The average Bonchev–Trinajstić information content (AvgIpc) is 2.99. The van der Waals surface area contributed by atoms with Crippen molar-refractivity contribution >= 4 is 23.6 Å². The minimum atomic E-state index is -0.196. The van der Waals surface area contributed by atoms with Crippen molar-refractivity contribution in [1.82, 2.24) is 9.27 Å². The quantitative estimate of drug-likeness (QED) is 0.527. The van der Waals surface area contributed by atoms with E-state index in [1.54, 1.807) is 0 Å². The summed E-state index contributed by atoms with van der Waals surface area (Å²) >= 11 is 1.23. The van der Waals surface area contributed by atoms with E-state index in [-0.39, 0.29) is 5.41 Å². The Hall–Kier alpha value is -2.39. The molecule has 0 saturated carbocycles. The second-order valence-electron chi connectivity index (χ2n) is 7.38. The third-order valence-electron chi connectivity index (χ3n) is 4.07. The second kappa shape index (κ2) is 7.88. The highest BCUT2D eigenvalue weighted by Crippen LogP contribution is 2.38. The van der Waals surface area contributed by atoms with E-state index in [1.807, 2.05) is 65.0 Å². The molecule has 0 bridgehead atoms. The minimum absolute atomic E-state index is 0.196. The summed E-state index contributed by atoms with van der Waals surface area (Å²) in [4.78, 5) is 6.56. The van der Waals surface area contributed by atoms with Crippen LogP contribution in [0.1, 0.15) is 50.1 Å². The van der Waals surface area contributed by atoms with Gasteiger partial charge in [-0.05, 0) is 44.0 Å². The average molecular weight is 371 g/mol. The van der Waals surface area contributed by atoms with Gasteiger partial charge in [-0.1, -0.05) is 20.8 Å². The number of aliphatic imine (C=N–C) groups is 1. The molecule has 0 atom stereocenters. The summed E-state index contributed by atoms with van der Waals surface area (Å²) in [5.74, 6) is 0.728. The Morgan fingerprint density at radius 3 is 2.58 bits per heavy atom. The van der Waals surface area contributed by atoms with Gasteiger partial charge in [-0.15, -0.1) is 0 Å². The molecule has 26 heavy (non-hydrogen) atoms. The van der Waals surface area contributed by atoms with Crippen molar-refractivity contribution in [3.8, 4) is 16.9 Å². The molecule has 0 N–H and O–H groups in total. The fourth-order valence-corrected chi connectivity index (χ4v) is 3.22. The van der Waals surface area contributed by atoms with Gasteiger partial charge in [0.15, 0.2) is 0 Å². The van der Waals surface area contributed by atoms with Crippen molar-refractivity contribution in [1.29, 1.82) is 5.26 Å². The lowest BCUT2D eigenvalue weighted by Crippen LogP contribution is -2.14. The lowest BCUT2D eigenvalue weighted by atomic mass is 9.90.